The molecule has 5 nitrogen and oxygen atoms in total. The Morgan fingerprint density at radius 2 is 1.62 bits per heavy atom. The van der Waals surface area contributed by atoms with Gasteiger partial charge in [0, 0.05) is 30.2 Å². The molecule has 1 unspecified atom stereocenters. The largest absolute Gasteiger partial charge is 0.453 e. The van der Waals surface area contributed by atoms with Crippen LogP contribution in [0.3, 0.4) is 0 Å². The van der Waals surface area contributed by atoms with E-state index < -0.39 is 6.10 Å². The Bertz CT molecular complexity index is 911. The quantitative estimate of drug-likeness (QED) is 0.631. The molecule has 0 N–H and O–H groups in total. The first-order chi connectivity index (χ1) is 11.6. The van der Waals surface area contributed by atoms with E-state index in [1.807, 2.05) is 30.3 Å². The number of fused-ring (bicyclic) bond motifs is 3. The number of amides is 2. The smallest absolute Gasteiger partial charge is 0.303 e. The average Bonchev–Trinajstić information content (AvgIpc) is 3.05. The zero-order chi connectivity index (χ0) is 16.8. The first-order valence-electron chi connectivity index (χ1n) is 7.53. The molecule has 0 bridgehead atoms. The van der Waals surface area contributed by atoms with Crippen LogP contribution in [0.15, 0.2) is 54.6 Å². The van der Waals surface area contributed by atoms with Gasteiger partial charge in [-0.25, -0.2) is 4.90 Å². The van der Waals surface area contributed by atoms with Crippen LogP contribution in [-0.4, -0.2) is 17.8 Å². The van der Waals surface area contributed by atoms with Gasteiger partial charge in [-0.05, 0) is 23.3 Å². The van der Waals surface area contributed by atoms with E-state index in [1.165, 1.54) is 19.1 Å². The lowest BCUT2D eigenvalue weighted by atomic mass is 10.1. The Balaban J connectivity index is 1.84. The van der Waals surface area contributed by atoms with Gasteiger partial charge in [-0.3, -0.25) is 14.4 Å². The summed E-state index contributed by atoms with van der Waals surface area (Å²) < 4.78 is 5.49. The predicted octanol–water partition coefficient (Wildman–Crippen LogP) is 2.75. The van der Waals surface area contributed by atoms with Crippen LogP contribution in [0.25, 0.3) is 11.1 Å². The molecule has 4 rings (SSSR count). The Labute approximate surface area is 138 Å². The van der Waals surface area contributed by atoms with Gasteiger partial charge in [-0.15, -0.1) is 0 Å². The minimum absolute atomic E-state index is 0.375. The number of hydrogen-bond donors (Lipinski definition) is 0. The molecule has 2 amide bonds. The van der Waals surface area contributed by atoms with Crippen LogP contribution in [0.2, 0.25) is 0 Å². The molecule has 118 valence electrons. The number of carbonyl (C=O) groups excluding carboxylic acids is 3. The van der Waals surface area contributed by atoms with Gasteiger partial charge in [0.25, 0.3) is 11.8 Å². The second kappa shape index (κ2) is 5.16. The number of ether oxygens (including phenoxy) is 1. The topological polar surface area (TPSA) is 63.7 Å². The molecule has 0 aromatic heterocycles. The van der Waals surface area contributed by atoms with Crippen molar-refractivity contribution >= 4 is 23.5 Å². The predicted molar refractivity (Wildman–Crippen MR) is 87.1 cm³/mol. The number of carbonyl (C=O) groups is 3. The van der Waals surface area contributed by atoms with Gasteiger partial charge < -0.3 is 4.74 Å². The number of benzene rings is 2. The van der Waals surface area contributed by atoms with Crippen molar-refractivity contribution in [1.82, 2.24) is 0 Å². The fourth-order valence-electron chi connectivity index (χ4n) is 3.24. The monoisotopic (exact) mass is 319 g/mol. The molecule has 0 fully saturated rings. The molecule has 24 heavy (non-hydrogen) atoms. The van der Waals surface area contributed by atoms with Crippen molar-refractivity contribution in [3.8, 4) is 11.1 Å². The van der Waals surface area contributed by atoms with Gasteiger partial charge in [0.1, 0.15) is 0 Å². The van der Waals surface area contributed by atoms with E-state index in [9.17, 15) is 14.4 Å². The average molecular weight is 319 g/mol. The highest BCUT2D eigenvalue weighted by Crippen LogP contribution is 2.46. The lowest BCUT2D eigenvalue weighted by molar-refractivity contribution is -0.144. The van der Waals surface area contributed by atoms with Crippen molar-refractivity contribution in [2.75, 3.05) is 4.90 Å². The number of imide groups is 1. The van der Waals surface area contributed by atoms with Crippen LogP contribution in [-0.2, 0) is 19.1 Å². The van der Waals surface area contributed by atoms with Crippen molar-refractivity contribution < 1.29 is 19.1 Å². The summed E-state index contributed by atoms with van der Waals surface area (Å²) in [5, 5.41) is 0. The lowest BCUT2D eigenvalue weighted by Gasteiger charge is -2.18. The molecule has 1 aliphatic heterocycles. The summed E-state index contributed by atoms with van der Waals surface area (Å²) in [7, 11) is 0. The second-order valence-electron chi connectivity index (χ2n) is 5.69. The van der Waals surface area contributed by atoms with E-state index in [0.717, 1.165) is 27.2 Å². The van der Waals surface area contributed by atoms with E-state index in [0.29, 0.717) is 5.69 Å². The fourth-order valence-corrected chi connectivity index (χ4v) is 3.24. The Morgan fingerprint density at radius 3 is 2.33 bits per heavy atom. The number of rotatable bonds is 2. The summed E-state index contributed by atoms with van der Waals surface area (Å²) in [5.41, 5.74) is 4.07. The van der Waals surface area contributed by atoms with Crippen LogP contribution in [0.5, 0.6) is 0 Å². The highest BCUT2D eigenvalue weighted by atomic mass is 16.5. The van der Waals surface area contributed by atoms with Crippen molar-refractivity contribution in [2.24, 2.45) is 0 Å². The summed E-state index contributed by atoms with van der Waals surface area (Å²) in [6.07, 6.45) is 1.95. The molecule has 1 heterocycles. The molecule has 0 saturated carbocycles. The van der Waals surface area contributed by atoms with Crippen molar-refractivity contribution in [2.45, 2.75) is 13.0 Å². The molecule has 5 heteroatoms. The first-order valence-corrected chi connectivity index (χ1v) is 7.53. The number of anilines is 1. The van der Waals surface area contributed by atoms with Gasteiger partial charge >= 0.3 is 5.97 Å². The van der Waals surface area contributed by atoms with Crippen LogP contribution in [0, 0.1) is 0 Å². The standard InChI is InChI=1S/C19H13NO4/c1-11(21)24-19-15-5-3-2-4-13(15)14-7-6-12(10-16(14)19)20-17(22)8-9-18(20)23/h2-10,19H,1H3. The van der Waals surface area contributed by atoms with Crippen LogP contribution in [0.4, 0.5) is 5.69 Å². The lowest BCUT2D eigenvalue weighted by Crippen LogP contribution is -2.29. The summed E-state index contributed by atoms with van der Waals surface area (Å²) in [6.45, 7) is 1.36. The van der Waals surface area contributed by atoms with Gasteiger partial charge in [0.15, 0.2) is 6.10 Å². The van der Waals surface area contributed by atoms with Gasteiger partial charge in [-0.2, -0.15) is 0 Å². The maximum Gasteiger partial charge on any atom is 0.303 e. The number of nitrogens with zero attached hydrogens (tertiary/aromatic N) is 1. The van der Waals surface area contributed by atoms with Gasteiger partial charge in [0.2, 0.25) is 0 Å². The van der Waals surface area contributed by atoms with E-state index >= 15 is 0 Å². The SMILES string of the molecule is CC(=O)OC1c2ccccc2-c2ccc(N3C(=O)C=CC3=O)cc21. The molecule has 1 aliphatic carbocycles. The third-order valence-corrected chi connectivity index (χ3v) is 4.20. The van der Waals surface area contributed by atoms with E-state index in [-0.39, 0.29) is 17.8 Å². The van der Waals surface area contributed by atoms with Crippen molar-refractivity contribution in [1.29, 1.82) is 0 Å². The molecule has 2 aliphatic rings. The highest BCUT2D eigenvalue weighted by molar-refractivity contribution is 6.28. The van der Waals surface area contributed by atoms with E-state index in [4.69, 9.17) is 4.74 Å². The molecular formula is C19H13NO4. The Morgan fingerprint density at radius 1 is 0.958 bits per heavy atom. The molecule has 2 aromatic rings. The second-order valence-corrected chi connectivity index (χ2v) is 5.69. The molecule has 2 aromatic carbocycles. The zero-order valence-corrected chi connectivity index (χ0v) is 12.9. The number of esters is 1. The zero-order valence-electron chi connectivity index (χ0n) is 12.9. The van der Waals surface area contributed by atoms with Crippen molar-refractivity contribution in [3.05, 3.63) is 65.7 Å². The van der Waals surface area contributed by atoms with Crippen LogP contribution in [0.1, 0.15) is 24.2 Å². The fraction of sp³-hybridized carbons (Fsp3) is 0.105. The van der Waals surface area contributed by atoms with Gasteiger partial charge in [-0.1, -0.05) is 30.3 Å². The minimum atomic E-state index is -0.533. The maximum absolute atomic E-state index is 11.9. The molecule has 1 atom stereocenters. The molecule has 0 radical (unpaired) electrons. The number of hydrogen-bond acceptors (Lipinski definition) is 4. The molecule has 0 saturated heterocycles. The maximum atomic E-state index is 11.9. The van der Waals surface area contributed by atoms with E-state index in [2.05, 4.69) is 0 Å². The Hall–Kier alpha value is -3.21. The van der Waals surface area contributed by atoms with Crippen LogP contribution >= 0.6 is 0 Å². The first kappa shape index (κ1) is 14.4. The Kier molecular flexibility index (Phi) is 3.09. The van der Waals surface area contributed by atoms with E-state index in [1.54, 1.807) is 12.1 Å². The summed E-state index contributed by atoms with van der Waals surface area (Å²) in [5.74, 6) is -1.14. The molecule has 0 spiro atoms. The van der Waals surface area contributed by atoms with Gasteiger partial charge in [0.05, 0.1) is 5.69 Å². The normalized spacial score (nSPS) is 17.9. The third-order valence-electron chi connectivity index (χ3n) is 4.20. The summed E-state index contributed by atoms with van der Waals surface area (Å²) in [6, 6.07) is 13.0. The molecular weight excluding hydrogens is 306 g/mol. The summed E-state index contributed by atoms with van der Waals surface area (Å²) in [4.78, 5) is 36.4. The highest BCUT2D eigenvalue weighted by Gasteiger charge is 2.33. The minimum Gasteiger partial charge on any atom is -0.453 e. The third kappa shape index (κ3) is 2.06. The van der Waals surface area contributed by atoms with Crippen molar-refractivity contribution in [3.63, 3.8) is 0 Å². The summed E-state index contributed by atoms with van der Waals surface area (Å²) >= 11 is 0. The van der Waals surface area contributed by atoms with Crippen LogP contribution < -0.4 is 4.90 Å².